The van der Waals surface area contributed by atoms with Crippen LogP contribution < -0.4 is 0 Å². The molecule has 2 fully saturated rings. The van der Waals surface area contributed by atoms with Crippen LogP contribution in [0.1, 0.15) is 29.9 Å². The Labute approximate surface area is 222 Å². The molecule has 1 spiro atoms. The van der Waals surface area contributed by atoms with Gasteiger partial charge in [-0.2, -0.15) is 5.10 Å². The van der Waals surface area contributed by atoms with Crippen LogP contribution in [0.5, 0.6) is 0 Å². The number of hydrogen-bond donors (Lipinski definition) is 0. The highest BCUT2D eigenvalue weighted by molar-refractivity contribution is 8.05. The van der Waals surface area contributed by atoms with Gasteiger partial charge in [-0.3, -0.25) is 4.90 Å². The number of aromatic nitrogens is 4. The van der Waals surface area contributed by atoms with E-state index >= 15 is 4.39 Å². The maximum absolute atomic E-state index is 15.1. The number of thioether (sulfide) groups is 1. The maximum Gasteiger partial charge on any atom is 0.278 e. The molecular formula is C26H27ClF3N5OS. The number of halogens is 4. The molecule has 6 nitrogen and oxygen atoms in total. The van der Waals surface area contributed by atoms with E-state index in [1.54, 1.807) is 23.1 Å². The number of benzene rings is 1. The number of allylic oxidation sites excluding steroid dienone is 1. The van der Waals surface area contributed by atoms with Crippen molar-refractivity contribution in [2.75, 3.05) is 19.7 Å². The van der Waals surface area contributed by atoms with E-state index in [9.17, 15) is 8.78 Å². The van der Waals surface area contributed by atoms with Gasteiger partial charge in [0.15, 0.2) is 5.82 Å². The van der Waals surface area contributed by atoms with Crippen molar-refractivity contribution in [2.45, 2.75) is 50.0 Å². The van der Waals surface area contributed by atoms with Gasteiger partial charge in [0.25, 0.3) is 5.92 Å². The predicted molar refractivity (Wildman–Crippen MR) is 137 cm³/mol. The average molecular weight is 550 g/mol. The quantitative estimate of drug-likeness (QED) is 0.422. The fraction of sp³-hybridized carbons (Fsp3) is 0.462. The number of hydrogen-bond acceptors (Lipinski definition) is 5. The summed E-state index contributed by atoms with van der Waals surface area (Å²) in [6, 6.07) is 4.94. The Kier molecular flexibility index (Phi) is 6.21. The van der Waals surface area contributed by atoms with Crippen molar-refractivity contribution < 1.29 is 17.9 Å². The SMILES string of the molecule is Cc1nn(-c2c(F)cccc2-n2ccnc2C)cc1CN1CCC2(CC1)OCC(F)(F)C1C=C(Cl)SC12. The Bertz CT molecular complexity index is 1360. The van der Waals surface area contributed by atoms with Crippen molar-refractivity contribution in [3.8, 4) is 11.4 Å². The summed E-state index contributed by atoms with van der Waals surface area (Å²) in [6.45, 7) is 5.26. The first-order valence-electron chi connectivity index (χ1n) is 12.3. The summed E-state index contributed by atoms with van der Waals surface area (Å²) < 4.78 is 53.8. The van der Waals surface area contributed by atoms with Gasteiger partial charge in [0.1, 0.15) is 18.1 Å². The van der Waals surface area contributed by atoms with Gasteiger partial charge in [0, 0.05) is 43.8 Å². The summed E-state index contributed by atoms with van der Waals surface area (Å²) in [7, 11) is 0. The van der Waals surface area contributed by atoms with Gasteiger partial charge in [0.2, 0.25) is 0 Å². The number of para-hydroxylation sites is 1. The Balaban J connectivity index is 1.20. The monoisotopic (exact) mass is 549 g/mol. The maximum atomic E-state index is 15.1. The van der Waals surface area contributed by atoms with Gasteiger partial charge in [-0.1, -0.05) is 17.7 Å². The minimum Gasteiger partial charge on any atom is -0.367 e. The highest BCUT2D eigenvalue weighted by Gasteiger charge is 2.60. The zero-order valence-corrected chi connectivity index (χ0v) is 22.1. The number of fused-ring (bicyclic) bond motifs is 2. The lowest BCUT2D eigenvalue weighted by atomic mass is 9.77. The predicted octanol–water partition coefficient (Wildman–Crippen LogP) is 5.63. The number of imidazole rings is 1. The Morgan fingerprint density at radius 2 is 2.00 bits per heavy atom. The first kappa shape index (κ1) is 25.0. The van der Waals surface area contributed by atoms with Crippen molar-refractivity contribution in [1.82, 2.24) is 24.2 Å². The molecule has 2 unspecified atom stereocenters. The van der Waals surface area contributed by atoms with Gasteiger partial charge >= 0.3 is 0 Å². The van der Waals surface area contributed by atoms with E-state index in [2.05, 4.69) is 15.0 Å². The first-order valence-corrected chi connectivity index (χ1v) is 13.6. The van der Waals surface area contributed by atoms with Crippen LogP contribution in [0.2, 0.25) is 0 Å². The molecule has 3 aliphatic heterocycles. The van der Waals surface area contributed by atoms with E-state index in [-0.39, 0.29) is 11.1 Å². The minimum atomic E-state index is -2.90. The largest absolute Gasteiger partial charge is 0.367 e. The third-order valence-corrected chi connectivity index (χ3v) is 9.54. The van der Waals surface area contributed by atoms with Crippen LogP contribution in [0.25, 0.3) is 11.4 Å². The summed E-state index contributed by atoms with van der Waals surface area (Å²) in [5.41, 5.74) is 2.21. The zero-order valence-electron chi connectivity index (χ0n) is 20.5. The van der Waals surface area contributed by atoms with Crippen molar-refractivity contribution in [2.24, 2.45) is 5.92 Å². The van der Waals surface area contributed by atoms with Crippen LogP contribution in [0.4, 0.5) is 13.2 Å². The molecule has 3 aromatic rings. The summed E-state index contributed by atoms with van der Waals surface area (Å²) in [5.74, 6) is -3.41. The Morgan fingerprint density at radius 3 is 2.73 bits per heavy atom. The summed E-state index contributed by atoms with van der Waals surface area (Å²) in [5, 5.41) is 4.27. The highest BCUT2D eigenvalue weighted by atomic mass is 35.5. The molecule has 0 bridgehead atoms. The smallest absolute Gasteiger partial charge is 0.278 e. The van der Waals surface area contributed by atoms with E-state index in [0.29, 0.717) is 48.2 Å². The van der Waals surface area contributed by atoms with Crippen LogP contribution in [0, 0.1) is 25.6 Å². The molecule has 3 aliphatic rings. The summed E-state index contributed by atoms with van der Waals surface area (Å²) in [6.07, 6.45) is 8.17. The molecule has 0 saturated carbocycles. The molecule has 2 saturated heterocycles. The van der Waals surface area contributed by atoms with Crippen molar-refractivity contribution in [3.63, 3.8) is 0 Å². The molecule has 196 valence electrons. The lowest BCUT2D eigenvalue weighted by Crippen LogP contribution is -2.61. The average Bonchev–Trinajstić information content (AvgIpc) is 3.57. The van der Waals surface area contributed by atoms with Crippen LogP contribution >= 0.6 is 23.4 Å². The van der Waals surface area contributed by atoms with Gasteiger partial charge in [-0.25, -0.2) is 22.8 Å². The number of likely N-dealkylation sites (tertiary alicyclic amines) is 1. The second-order valence-corrected chi connectivity index (χ2v) is 11.9. The molecule has 2 aromatic heterocycles. The van der Waals surface area contributed by atoms with Gasteiger partial charge in [-0.05, 0) is 44.9 Å². The van der Waals surface area contributed by atoms with E-state index in [1.807, 2.05) is 30.7 Å². The fourth-order valence-electron chi connectivity index (χ4n) is 5.74. The van der Waals surface area contributed by atoms with Crippen molar-refractivity contribution in [1.29, 1.82) is 0 Å². The molecule has 1 aromatic carbocycles. The van der Waals surface area contributed by atoms with Crippen LogP contribution in [-0.4, -0.2) is 60.7 Å². The molecule has 0 radical (unpaired) electrons. The molecule has 0 aliphatic carbocycles. The standard InChI is InChI=1S/C26H27ClF3N5OS/c1-16-18(14-35(32-16)23-20(28)4-3-5-21(23)34-11-8-31-17(34)2)13-33-9-6-25(7-10-33)24-19(12-22(27)37-24)26(29,30)15-36-25/h3-5,8,11-12,14,19,24H,6-7,9-10,13,15H2,1-2H3. The van der Waals surface area contributed by atoms with Crippen LogP contribution in [0.3, 0.4) is 0 Å². The normalized spacial score (nSPS) is 24.9. The van der Waals surface area contributed by atoms with Crippen molar-refractivity contribution in [3.05, 3.63) is 70.1 Å². The second-order valence-electron chi connectivity index (χ2n) is 10.1. The summed E-state index contributed by atoms with van der Waals surface area (Å²) >= 11 is 7.49. The molecular weight excluding hydrogens is 523 g/mol. The van der Waals surface area contributed by atoms with Crippen molar-refractivity contribution >= 4 is 23.4 Å². The lowest BCUT2D eigenvalue weighted by molar-refractivity contribution is -0.215. The minimum absolute atomic E-state index is 0.362. The number of alkyl halides is 2. The van der Waals surface area contributed by atoms with Gasteiger partial charge < -0.3 is 9.30 Å². The third kappa shape index (κ3) is 4.31. The molecule has 0 amide bonds. The van der Waals surface area contributed by atoms with Gasteiger partial charge in [-0.15, -0.1) is 11.8 Å². The second kappa shape index (κ2) is 9.18. The zero-order chi connectivity index (χ0) is 25.9. The Morgan fingerprint density at radius 1 is 1.22 bits per heavy atom. The lowest BCUT2D eigenvalue weighted by Gasteiger charge is -2.51. The van der Waals surface area contributed by atoms with Crippen LogP contribution in [-0.2, 0) is 11.3 Å². The molecule has 2 atom stereocenters. The first-order chi connectivity index (χ1) is 17.7. The fourth-order valence-corrected chi connectivity index (χ4v) is 7.58. The van der Waals surface area contributed by atoms with E-state index in [4.69, 9.17) is 16.3 Å². The van der Waals surface area contributed by atoms with Crippen LogP contribution in [0.15, 0.2) is 47.2 Å². The number of piperidine rings is 1. The van der Waals surface area contributed by atoms with Gasteiger partial charge in [0.05, 0.1) is 32.5 Å². The number of aryl methyl sites for hydroxylation is 2. The molecule has 11 heteroatoms. The number of nitrogens with zero attached hydrogens (tertiary/aromatic N) is 5. The topological polar surface area (TPSA) is 48.1 Å². The molecule has 0 N–H and O–H groups in total. The summed E-state index contributed by atoms with van der Waals surface area (Å²) in [4.78, 5) is 6.55. The number of ether oxygens (including phenoxy) is 1. The number of rotatable bonds is 4. The molecule has 37 heavy (non-hydrogen) atoms. The van der Waals surface area contributed by atoms with E-state index in [0.717, 1.165) is 17.1 Å². The third-order valence-electron chi connectivity index (χ3n) is 7.81. The molecule has 5 heterocycles. The molecule has 6 rings (SSSR count). The van der Waals surface area contributed by atoms with E-state index < -0.39 is 24.0 Å². The Hall–Kier alpha value is -2.27. The van der Waals surface area contributed by atoms with E-state index in [1.165, 1.54) is 23.9 Å². The highest BCUT2D eigenvalue weighted by Crippen LogP contribution is 2.56.